The molecule has 3 fully saturated rings. The first-order valence-corrected chi connectivity index (χ1v) is 12.5. The molecule has 2 saturated heterocycles. The Kier molecular flexibility index (Phi) is 7.38. The van der Waals surface area contributed by atoms with Crippen LogP contribution in [-0.4, -0.2) is 79.7 Å². The second-order valence-electron chi connectivity index (χ2n) is 11.0. The quantitative estimate of drug-likeness (QED) is 0.574. The molecule has 3 atom stereocenters. The van der Waals surface area contributed by atoms with E-state index >= 15 is 0 Å². The van der Waals surface area contributed by atoms with Gasteiger partial charge in [0.25, 0.3) is 5.91 Å². The van der Waals surface area contributed by atoms with Gasteiger partial charge >= 0.3 is 6.03 Å². The van der Waals surface area contributed by atoms with Crippen LogP contribution in [0.2, 0.25) is 0 Å². The van der Waals surface area contributed by atoms with E-state index in [1.807, 2.05) is 24.3 Å². The summed E-state index contributed by atoms with van der Waals surface area (Å²) in [5.74, 6) is 0.458. The number of carbonyl (C=O) groups excluding carboxylic acids is 3. The number of urea groups is 1. The molecule has 1 spiro atoms. The van der Waals surface area contributed by atoms with Gasteiger partial charge < -0.3 is 20.1 Å². The van der Waals surface area contributed by atoms with Gasteiger partial charge in [0.2, 0.25) is 5.91 Å². The van der Waals surface area contributed by atoms with Gasteiger partial charge in [0.05, 0.1) is 26.4 Å². The van der Waals surface area contributed by atoms with Gasteiger partial charge in [-0.15, -0.1) is 0 Å². The lowest BCUT2D eigenvalue weighted by molar-refractivity contribution is -0.137. The predicted molar refractivity (Wildman–Crippen MR) is 131 cm³/mol. The van der Waals surface area contributed by atoms with E-state index in [0.717, 1.165) is 35.7 Å². The highest BCUT2D eigenvalue weighted by molar-refractivity contribution is 6.09. The van der Waals surface area contributed by atoms with Crippen LogP contribution < -0.4 is 15.4 Å². The lowest BCUT2D eigenvalue weighted by atomic mass is 9.64. The van der Waals surface area contributed by atoms with Crippen LogP contribution in [0.4, 0.5) is 4.79 Å². The summed E-state index contributed by atoms with van der Waals surface area (Å²) in [4.78, 5) is 42.4. The number of amides is 4. The maximum Gasteiger partial charge on any atom is 0.325 e. The number of imide groups is 1. The van der Waals surface area contributed by atoms with Gasteiger partial charge in [-0.05, 0) is 48.3 Å². The minimum atomic E-state index is -0.905. The zero-order chi connectivity index (χ0) is 25.2. The molecule has 1 aromatic rings. The minimum absolute atomic E-state index is 0.0526. The van der Waals surface area contributed by atoms with Gasteiger partial charge in [-0.25, -0.2) is 4.79 Å². The molecule has 4 rings (SSSR count). The Morgan fingerprint density at radius 3 is 2.51 bits per heavy atom. The number of ether oxygens (including phenoxy) is 2. The van der Waals surface area contributed by atoms with E-state index < -0.39 is 11.6 Å². The van der Waals surface area contributed by atoms with Gasteiger partial charge in [-0.2, -0.15) is 0 Å². The summed E-state index contributed by atoms with van der Waals surface area (Å²) in [6, 6.07) is 7.28. The molecular formula is C26H38N4O5. The van der Waals surface area contributed by atoms with Crippen molar-refractivity contribution in [2.24, 2.45) is 11.3 Å². The molecule has 2 aliphatic heterocycles. The third kappa shape index (κ3) is 5.62. The second-order valence-corrected chi connectivity index (χ2v) is 11.0. The molecule has 2 heterocycles. The molecule has 3 aliphatic rings. The van der Waals surface area contributed by atoms with E-state index in [1.54, 1.807) is 7.11 Å². The molecule has 35 heavy (non-hydrogen) atoms. The maximum absolute atomic E-state index is 13.4. The van der Waals surface area contributed by atoms with Crippen molar-refractivity contribution in [2.75, 3.05) is 46.5 Å². The predicted octanol–water partition coefficient (Wildman–Crippen LogP) is 2.32. The Morgan fingerprint density at radius 2 is 1.89 bits per heavy atom. The molecule has 0 unspecified atom stereocenters. The third-order valence-corrected chi connectivity index (χ3v) is 7.41. The fourth-order valence-electron chi connectivity index (χ4n) is 6.23. The molecule has 0 radical (unpaired) electrons. The van der Waals surface area contributed by atoms with Crippen LogP contribution in [0.5, 0.6) is 5.75 Å². The van der Waals surface area contributed by atoms with Gasteiger partial charge in [0, 0.05) is 19.6 Å². The minimum Gasteiger partial charge on any atom is -0.497 e. The topological polar surface area (TPSA) is 100 Å². The Morgan fingerprint density at radius 1 is 1.20 bits per heavy atom. The normalized spacial score (nSPS) is 27.5. The molecule has 9 nitrogen and oxygen atoms in total. The number of methoxy groups -OCH3 is 1. The summed E-state index contributed by atoms with van der Waals surface area (Å²) in [5, 5.41) is 5.90. The van der Waals surface area contributed by atoms with Crippen molar-refractivity contribution >= 4 is 17.8 Å². The molecule has 9 heteroatoms. The van der Waals surface area contributed by atoms with Gasteiger partial charge in [0.15, 0.2) is 0 Å². The monoisotopic (exact) mass is 486 g/mol. The number of rotatable bonds is 7. The van der Waals surface area contributed by atoms with Crippen molar-refractivity contribution in [3.63, 3.8) is 0 Å². The van der Waals surface area contributed by atoms with Gasteiger partial charge in [-0.1, -0.05) is 32.9 Å². The summed E-state index contributed by atoms with van der Waals surface area (Å²) < 4.78 is 10.8. The number of morpholine rings is 1. The molecule has 4 amide bonds. The van der Waals surface area contributed by atoms with Crippen LogP contribution >= 0.6 is 0 Å². The fourth-order valence-corrected chi connectivity index (χ4v) is 6.23. The molecule has 2 N–H and O–H groups in total. The second kappa shape index (κ2) is 10.1. The Balaban J connectivity index is 1.41. The molecule has 0 aromatic heterocycles. The summed E-state index contributed by atoms with van der Waals surface area (Å²) in [7, 11) is 1.63. The summed E-state index contributed by atoms with van der Waals surface area (Å²) in [6.45, 7) is 9.26. The molecule has 192 valence electrons. The number of nitrogens with one attached hydrogen (secondary N) is 2. The van der Waals surface area contributed by atoms with Gasteiger partial charge in [-0.3, -0.25) is 19.4 Å². The van der Waals surface area contributed by atoms with Crippen molar-refractivity contribution in [1.82, 2.24) is 20.4 Å². The molecule has 0 bridgehead atoms. The van der Waals surface area contributed by atoms with Crippen molar-refractivity contribution in [1.29, 1.82) is 0 Å². The zero-order valence-electron chi connectivity index (χ0n) is 21.3. The number of hydrogen-bond donors (Lipinski definition) is 2. The largest absolute Gasteiger partial charge is 0.497 e. The van der Waals surface area contributed by atoms with Crippen molar-refractivity contribution in [3.8, 4) is 5.75 Å². The smallest absolute Gasteiger partial charge is 0.325 e. The summed E-state index contributed by atoms with van der Waals surface area (Å²) in [6.07, 6.45) is 2.20. The number of benzene rings is 1. The summed E-state index contributed by atoms with van der Waals surface area (Å²) in [5.41, 5.74) is 0.0981. The van der Waals surface area contributed by atoms with E-state index in [-0.39, 0.29) is 29.8 Å². The van der Waals surface area contributed by atoms with E-state index in [1.165, 1.54) is 0 Å². The van der Waals surface area contributed by atoms with E-state index in [4.69, 9.17) is 9.47 Å². The van der Waals surface area contributed by atoms with Crippen LogP contribution in [0, 0.1) is 11.3 Å². The van der Waals surface area contributed by atoms with Crippen LogP contribution in [0.25, 0.3) is 0 Å². The van der Waals surface area contributed by atoms with Crippen molar-refractivity contribution < 1.29 is 23.9 Å². The Hall–Kier alpha value is -2.65. The van der Waals surface area contributed by atoms with E-state index in [2.05, 4.69) is 36.3 Å². The SMILES string of the molecule is COc1ccc([C@H](CNC(=O)CN2C(=O)N[C@]3(C[C@@H](C)CC(C)(C)C3)C2=O)N2CCOCC2)cc1. The Bertz CT molecular complexity index is 944. The zero-order valence-corrected chi connectivity index (χ0v) is 21.3. The van der Waals surface area contributed by atoms with Crippen LogP contribution in [0.15, 0.2) is 24.3 Å². The average molecular weight is 487 g/mol. The molecule has 1 aliphatic carbocycles. The average Bonchev–Trinajstić information content (AvgIpc) is 3.02. The first-order valence-electron chi connectivity index (χ1n) is 12.5. The Labute approximate surface area is 207 Å². The van der Waals surface area contributed by atoms with Gasteiger partial charge in [0.1, 0.15) is 17.8 Å². The van der Waals surface area contributed by atoms with Crippen LogP contribution in [0.3, 0.4) is 0 Å². The lowest BCUT2D eigenvalue weighted by Gasteiger charge is -2.43. The first kappa shape index (κ1) is 25.4. The highest BCUT2D eigenvalue weighted by Gasteiger charge is 2.56. The maximum atomic E-state index is 13.4. The highest BCUT2D eigenvalue weighted by Crippen LogP contribution is 2.46. The lowest BCUT2D eigenvalue weighted by Crippen LogP contribution is -2.54. The fraction of sp³-hybridized carbons (Fsp3) is 0.654. The number of nitrogens with zero attached hydrogens (tertiary/aromatic N) is 2. The standard InChI is InChI=1S/C26H38N4O5/c1-18-13-25(2,3)17-26(14-18)23(32)30(24(33)28-26)16-22(31)27-15-21(29-9-11-35-12-10-29)19-5-7-20(34-4)8-6-19/h5-8,18,21H,9-17H2,1-4H3,(H,27,31)(H,28,33)/t18-,21-,26-/m0/s1. The summed E-state index contributed by atoms with van der Waals surface area (Å²) >= 11 is 0. The van der Waals surface area contributed by atoms with E-state index in [0.29, 0.717) is 38.5 Å². The van der Waals surface area contributed by atoms with Crippen LogP contribution in [-0.2, 0) is 14.3 Å². The van der Waals surface area contributed by atoms with Crippen LogP contribution in [0.1, 0.15) is 51.6 Å². The molecule has 1 aromatic carbocycles. The molecular weight excluding hydrogens is 448 g/mol. The number of hydrogen-bond acceptors (Lipinski definition) is 6. The number of carbonyl (C=O) groups is 3. The third-order valence-electron chi connectivity index (χ3n) is 7.41. The van der Waals surface area contributed by atoms with E-state index in [9.17, 15) is 14.4 Å². The van der Waals surface area contributed by atoms with Crippen molar-refractivity contribution in [3.05, 3.63) is 29.8 Å². The van der Waals surface area contributed by atoms with Crippen molar-refractivity contribution in [2.45, 2.75) is 51.6 Å². The highest BCUT2D eigenvalue weighted by atomic mass is 16.5. The first-order chi connectivity index (χ1) is 16.6. The molecule has 1 saturated carbocycles.